The number of benzene rings is 1. The van der Waals surface area contributed by atoms with Gasteiger partial charge in [0.1, 0.15) is 0 Å². The number of nitrogens with zero attached hydrogens (tertiary/aromatic N) is 2. The van der Waals surface area contributed by atoms with Gasteiger partial charge in [-0.2, -0.15) is 0 Å². The fourth-order valence-corrected chi connectivity index (χ4v) is 4.01. The van der Waals surface area contributed by atoms with Crippen molar-refractivity contribution >= 4 is 53.0 Å². The van der Waals surface area contributed by atoms with Crippen molar-refractivity contribution in [3.63, 3.8) is 0 Å². The Hall–Kier alpha value is -0.740. The van der Waals surface area contributed by atoms with Crippen LogP contribution in [0.15, 0.2) is 30.5 Å². The van der Waals surface area contributed by atoms with E-state index in [-0.39, 0.29) is 24.8 Å². The maximum absolute atomic E-state index is 6.09. The van der Waals surface area contributed by atoms with Crippen LogP contribution in [0.3, 0.4) is 0 Å². The first kappa shape index (κ1) is 18.6. The van der Waals surface area contributed by atoms with Crippen LogP contribution in [0.5, 0.6) is 0 Å². The fraction of sp³-hybridized carbons (Fsp3) is 0.471. The molecule has 1 aromatic heterocycles. The van der Waals surface area contributed by atoms with Crippen molar-refractivity contribution in [2.75, 3.05) is 24.5 Å². The predicted octanol–water partition coefficient (Wildman–Crippen LogP) is 4.31. The third kappa shape index (κ3) is 3.69. The van der Waals surface area contributed by atoms with E-state index in [2.05, 4.69) is 27.3 Å². The average molecular weight is 375 g/mol. The van der Waals surface area contributed by atoms with Crippen molar-refractivity contribution in [2.24, 2.45) is 5.92 Å². The Kier molecular flexibility index (Phi) is 6.38. The molecule has 2 aliphatic heterocycles. The number of piperidine rings is 2. The molecule has 2 aliphatic rings. The van der Waals surface area contributed by atoms with Crippen molar-refractivity contribution in [1.29, 1.82) is 0 Å². The van der Waals surface area contributed by atoms with Crippen molar-refractivity contribution in [2.45, 2.75) is 25.3 Å². The normalized spacial score (nSPS) is 23.6. The lowest BCUT2D eigenvalue weighted by atomic mass is 9.85. The minimum Gasteiger partial charge on any atom is -0.371 e. The molecule has 2 fully saturated rings. The lowest BCUT2D eigenvalue weighted by Gasteiger charge is -2.43. The van der Waals surface area contributed by atoms with Gasteiger partial charge >= 0.3 is 0 Å². The van der Waals surface area contributed by atoms with Gasteiger partial charge < -0.3 is 10.2 Å². The van der Waals surface area contributed by atoms with Gasteiger partial charge in [0.15, 0.2) is 0 Å². The number of pyridine rings is 1. The molecule has 2 aromatic rings. The molecule has 3 nitrogen and oxygen atoms in total. The molecular formula is C17H22Cl3N3. The first-order chi connectivity index (χ1) is 10.3. The van der Waals surface area contributed by atoms with E-state index in [9.17, 15) is 0 Å². The van der Waals surface area contributed by atoms with E-state index in [1.54, 1.807) is 0 Å². The highest BCUT2D eigenvalue weighted by molar-refractivity contribution is 6.31. The van der Waals surface area contributed by atoms with Crippen LogP contribution in [0.1, 0.15) is 19.3 Å². The molecular weight excluding hydrogens is 353 g/mol. The fourth-order valence-electron chi connectivity index (χ4n) is 3.85. The summed E-state index contributed by atoms with van der Waals surface area (Å²) in [6.45, 7) is 3.47. The zero-order valence-electron chi connectivity index (χ0n) is 12.9. The van der Waals surface area contributed by atoms with Gasteiger partial charge in [-0.1, -0.05) is 11.6 Å². The van der Waals surface area contributed by atoms with E-state index >= 15 is 0 Å². The van der Waals surface area contributed by atoms with Crippen molar-refractivity contribution in [3.05, 3.63) is 35.5 Å². The molecule has 2 atom stereocenters. The standard InChI is InChI=1S/C17H20ClN3.2ClH/c18-13-3-4-14-16(10-13)20-8-5-17(14)21-9-6-15-12(11-21)2-1-7-19-15;;/h3-5,8,10,12,15,19H,1-2,6-7,9,11H2;2*1H/t12-,15+;;/m1../s1. The topological polar surface area (TPSA) is 28.2 Å². The molecule has 0 spiro atoms. The van der Waals surface area contributed by atoms with Crippen LogP contribution in [-0.4, -0.2) is 30.7 Å². The van der Waals surface area contributed by atoms with Gasteiger partial charge in [0, 0.05) is 41.4 Å². The van der Waals surface area contributed by atoms with E-state index < -0.39 is 0 Å². The Balaban J connectivity index is 0.000000960. The van der Waals surface area contributed by atoms with Crippen molar-refractivity contribution in [1.82, 2.24) is 10.3 Å². The van der Waals surface area contributed by atoms with Crippen molar-refractivity contribution in [3.8, 4) is 0 Å². The summed E-state index contributed by atoms with van der Waals surface area (Å²) < 4.78 is 0. The van der Waals surface area contributed by atoms with E-state index in [1.807, 2.05) is 18.3 Å². The Morgan fingerprint density at radius 1 is 1.17 bits per heavy atom. The molecule has 0 amide bonds. The summed E-state index contributed by atoms with van der Waals surface area (Å²) in [6.07, 6.45) is 5.80. The van der Waals surface area contributed by atoms with Gasteiger partial charge in [-0.25, -0.2) is 0 Å². The number of nitrogens with one attached hydrogen (secondary N) is 1. The Bertz CT molecular complexity index is 665. The summed E-state index contributed by atoms with van der Waals surface area (Å²) in [4.78, 5) is 6.99. The van der Waals surface area contributed by atoms with Gasteiger partial charge in [0.25, 0.3) is 0 Å². The Morgan fingerprint density at radius 2 is 2.04 bits per heavy atom. The predicted molar refractivity (Wildman–Crippen MR) is 103 cm³/mol. The maximum atomic E-state index is 6.09. The van der Waals surface area contributed by atoms with E-state index in [0.29, 0.717) is 0 Å². The third-order valence-corrected chi connectivity index (χ3v) is 5.15. The SMILES string of the molecule is Cl.Cl.Clc1ccc2c(N3CC[C@@H]4NCCC[C@@H]4C3)ccnc2c1. The first-order valence-electron chi connectivity index (χ1n) is 7.84. The van der Waals surface area contributed by atoms with Gasteiger partial charge in [0.05, 0.1) is 5.52 Å². The van der Waals surface area contributed by atoms with Crippen LogP contribution in [0.2, 0.25) is 5.02 Å². The molecule has 0 radical (unpaired) electrons. The Labute approximate surface area is 154 Å². The minimum atomic E-state index is 0. The van der Waals surface area contributed by atoms with Crippen LogP contribution in [0, 0.1) is 5.92 Å². The van der Waals surface area contributed by atoms with Gasteiger partial charge in [-0.15, -0.1) is 24.8 Å². The largest absolute Gasteiger partial charge is 0.371 e. The van der Waals surface area contributed by atoms with Crippen LogP contribution in [0.4, 0.5) is 5.69 Å². The number of aromatic nitrogens is 1. The second-order valence-corrected chi connectivity index (χ2v) is 6.63. The highest BCUT2D eigenvalue weighted by Gasteiger charge is 2.31. The molecule has 3 heterocycles. The van der Waals surface area contributed by atoms with Crippen LogP contribution in [-0.2, 0) is 0 Å². The van der Waals surface area contributed by atoms with E-state index in [0.717, 1.165) is 35.6 Å². The van der Waals surface area contributed by atoms with E-state index in [4.69, 9.17) is 11.6 Å². The maximum Gasteiger partial charge on any atom is 0.0737 e. The lowest BCUT2D eigenvalue weighted by molar-refractivity contribution is 0.244. The summed E-state index contributed by atoms with van der Waals surface area (Å²) >= 11 is 6.09. The number of anilines is 1. The molecule has 0 aliphatic carbocycles. The van der Waals surface area contributed by atoms with Crippen LogP contribution >= 0.6 is 36.4 Å². The molecule has 1 aromatic carbocycles. The summed E-state index contributed by atoms with van der Waals surface area (Å²) in [5.41, 5.74) is 2.30. The molecule has 0 unspecified atom stereocenters. The van der Waals surface area contributed by atoms with E-state index in [1.165, 1.54) is 36.9 Å². The molecule has 126 valence electrons. The quantitative estimate of drug-likeness (QED) is 0.806. The molecule has 0 saturated carbocycles. The summed E-state index contributed by atoms with van der Waals surface area (Å²) in [7, 11) is 0. The number of halogens is 3. The molecule has 1 N–H and O–H groups in total. The summed E-state index contributed by atoms with van der Waals surface area (Å²) in [5.74, 6) is 0.781. The Morgan fingerprint density at radius 3 is 2.91 bits per heavy atom. The minimum absolute atomic E-state index is 0. The van der Waals surface area contributed by atoms with Crippen molar-refractivity contribution < 1.29 is 0 Å². The smallest absolute Gasteiger partial charge is 0.0737 e. The highest BCUT2D eigenvalue weighted by Crippen LogP contribution is 2.32. The molecule has 2 saturated heterocycles. The van der Waals surface area contributed by atoms with Crippen LogP contribution in [0.25, 0.3) is 10.9 Å². The van der Waals surface area contributed by atoms with Gasteiger partial charge in [-0.3, -0.25) is 4.98 Å². The zero-order valence-corrected chi connectivity index (χ0v) is 15.3. The summed E-state index contributed by atoms with van der Waals surface area (Å²) in [6, 6.07) is 8.88. The van der Waals surface area contributed by atoms with Gasteiger partial charge in [-0.05, 0) is 56.0 Å². The zero-order chi connectivity index (χ0) is 14.2. The second kappa shape index (κ2) is 7.89. The third-order valence-electron chi connectivity index (χ3n) is 4.91. The number of fused-ring (bicyclic) bond motifs is 2. The lowest BCUT2D eigenvalue weighted by Crippen LogP contribution is -2.52. The first-order valence-corrected chi connectivity index (χ1v) is 8.22. The monoisotopic (exact) mass is 373 g/mol. The molecule has 0 bridgehead atoms. The number of hydrogen-bond donors (Lipinski definition) is 1. The van der Waals surface area contributed by atoms with Crippen LogP contribution < -0.4 is 10.2 Å². The second-order valence-electron chi connectivity index (χ2n) is 6.19. The number of hydrogen-bond acceptors (Lipinski definition) is 3. The molecule has 6 heteroatoms. The van der Waals surface area contributed by atoms with Gasteiger partial charge in [0.2, 0.25) is 0 Å². The highest BCUT2D eigenvalue weighted by atomic mass is 35.5. The summed E-state index contributed by atoms with van der Waals surface area (Å²) in [5, 5.41) is 5.65. The average Bonchev–Trinajstić information content (AvgIpc) is 2.53. The molecule has 4 rings (SSSR count). The molecule has 23 heavy (non-hydrogen) atoms. The number of rotatable bonds is 1.